The zero-order valence-electron chi connectivity index (χ0n) is 12.7. The van der Waals surface area contributed by atoms with Crippen LogP contribution < -0.4 is 10.1 Å². The summed E-state index contributed by atoms with van der Waals surface area (Å²) in [7, 11) is 0. The molecule has 0 saturated heterocycles. The molecule has 0 saturated carbocycles. The summed E-state index contributed by atoms with van der Waals surface area (Å²) >= 11 is 0. The van der Waals surface area contributed by atoms with E-state index in [1.165, 1.54) is 0 Å². The Kier molecular flexibility index (Phi) is 4.51. The predicted octanol–water partition coefficient (Wildman–Crippen LogP) is 4.39. The fourth-order valence-electron chi connectivity index (χ4n) is 2.70. The molecule has 1 unspecified atom stereocenters. The molecule has 0 spiro atoms. The lowest BCUT2D eigenvalue weighted by atomic mass is 9.96. The van der Waals surface area contributed by atoms with Crippen molar-refractivity contribution in [3.8, 4) is 5.75 Å². The summed E-state index contributed by atoms with van der Waals surface area (Å²) in [6, 6.07) is 4.68. The summed E-state index contributed by atoms with van der Waals surface area (Å²) in [6.07, 6.45) is -3.51. The molecule has 2 rings (SSSR count). The smallest absolute Gasteiger partial charge is 0.390 e. The molecule has 1 heterocycles. The first-order valence-corrected chi connectivity index (χ1v) is 7.32. The summed E-state index contributed by atoms with van der Waals surface area (Å²) in [4.78, 5) is 0. The van der Waals surface area contributed by atoms with Gasteiger partial charge >= 0.3 is 6.18 Å². The second-order valence-electron chi connectivity index (χ2n) is 6.23. The average molecular weight is 301 g/mol. The van der Waals surface area contributed by atoms with Crippen molar-refractivity contribution in [3.05, 3.63) is 29.3 Å². The van der Waals surface area contributed by atoms with Crippen LogP contribution in [0.1, 0.15) is 50.8 Å². The van der Waals surface area contributed by atoms with Gasteiger partial charge in [-0.05, 0) is 44.0 Å². The molecule has 118 valence electrons. The van der Waals surface area contributed by atoms with E-state index in [4.69, 9.17) is 4.74 Å². The van der Waals surface area contributed by atoms with Crippen LogP contribution in [0.3, 0.4) is 0 Å². The standard InChI is InChI=1S/C16H22F3NO/c1-4-7-20-13(10-16(17,18)19)11-5-6-14-12(8-11)9-15(2,3)21-14/h5-6,8,13,20H,4,7,9-10H2,1-3H3. The van der Waals surface area contributed by atoms with Crippen molar-refractivity contribution in [1.82, 2.24) is 5.32 Å². The maximum Gasteiger partial charge on any atom is 0.390 e. The maximum atomic E-state index is 12.8. The molecular weight excluding hydrogens is 279 g/mol. The van der Waals surface area contributed by atoms with Crippen molar-refractivity contribution in [2.45, 2.75) is 57.9 Å². The van der Waals surface area contributed by atoms with Crippen molar-refractivity contribution in [3.63, 3.8) is 0 Å². The first kappa shape index (κ1) is 16.1. The van der Waals surface area contributed by atoms with Gasteiger partial charge in [-0.3, -0.25) is 0 Å². The minimum Gasteiger partial charge on any atom is -0.487 e. The highest BCUT2D eigenvalue weighted by Crippen LogP contribution is 2.38. The first-order chi connectivity index (χ1) is 9.70. The highest BCUT2D eigenvalue weighted by molar-refractivity contribution is 5.42. The highest BCUT2D eigenvalue weighted by atomic mass is 19.4. The zero-order valence-corrected chi connectivity index (χ0v) is 12.7. The van der Waals surface area contributed by atoms with Crippen LogP contribution in [0.5, 0.6) is 5.75 Å². The number of nitrogens with one attached hydrogen (secondary N) is 1. The van der Waals surface area contributed by atoms with Crippen LogP contribution in [-0.2, 0) is 6.42 Å². The second-order valence-corrected chi connectivity index (χ2v) is 6.23. The van der Waals surface area contributed by atoms with Crippen LogP contribution in [0.25, 0.3) is 0 Å². The number of hydrogen-bond donors (Lipinski definition) is 1. The third kappa shape index (κ3) is 4.37. The van der Waals surface area contributed by atoms with E-state index in [2.05, 4.69) is 5.32 Å². The Morgan fingerprint density at radius 1 is 1.33 bits per heavy atom. The molecule has 1 aromatic rings. The molecule has 0 aromatic heterocycles. The molecule has 0 bridgehead atoms. The summed E-state index contributed by atoms with van der Waals surface area (Å²) < 4.78 is 44.0. The minimum absolute atomic E-state index is 0.280. The van der Waals surface area contributed by atoms with Crippen molar-refractivity contribution < 1.29 is 17.9 Å². The van der Waals surface area contributed by atoms with Gasteiger partial charge in [0.05, 0.1) is 6.42 Å². The van der Waals surface area contributed by atoms with Crippen LogP contribution in [0.15, 0.2) is 18.2 Å². The predicted molar refractivity (Wildman–Crippen MR) is 76.6 cm³/mol. The van der Waals surface area contributed by atoms with Gasteiger partial charge in [-0.1, -0.05) is 19.1 Å². The van der Waals surface area contributed by atoms with E-state index in [-0.39, 0.29) is 5.60 Å². The average Bonchev–Trinajstić information content (AvgIpc) is 2.65. The van der Waals surface area contributed by atoms with Gasteiger partial charge in [0.15, 0.2) is 0 Å². The Morgan fingerprint density at radius 3 is 2.67 bits per heavy atom. The van der Waals surface area contributed by atoms with Crippen LogP contribution in [0, 0.1) is 0 Å². The molecule has 2 nitrogen and oxygen atoms in total. The van der Waals surface area contributed by atoms with Gasteiger partial charge in [0.1, 0.15) is 11.4 Å². The van der Waals surface area contributed by atoms with Crippen molar-refractivity contribution in [2.75, 3.05) is 6.54 Å². The molecular formula is C16H22F3NO. The summed E-state index contributed by atoms with van der Waals surface area (Å²) in [5.74, 6) is 0.782. The van der Waals surface area contributed by atoms with Crippen LogP contribution in [-0.4, -0.2) is 18.3 Å². The molecule has 0 radical (unpaired) electrons. The van der Waals surface area contributed by atoms with Gasteiger partial charge in [-0.2, -0.15) is 13.2 Å². The third-order valence-corrected chi connectivity index (χ3v) is 3.57. The molecule has 1 aromatic carbocycles. The van der Waals surface area contributed by atoms with Gasteiger partial charge in [-0.15, -0.1) is 0 Å². The fraction of sp³-hybridized carbons (Fsp3) is 0.625. The summed E-state index contributed by atoms with van der Waals surface area (Å²) in [5, 5.41) is 2.99. The Bertz CT molecular complexity index is 497. The third-order valence-electron chi connectivity index (χ3n) is 3.57. The zero-order chi connectivity index (χ0) is 15.7. The first-order valence-electron chi connectivity index (χ1n) is 7.32. The highest BCUT2D eigenvalue weighted by Gasteiger charge is 2.34. The van der Waals surface area contributed by atoms with Crippen LogP contribution >= 0.6 is 0 Å². The molecule has 1 atom stereocenters. The lowest BCUT2D eigenvalue weighted by Gasteiger charge is -2.21. The molecule has 0 fully saturated rings. The van der Waals surface area contributed by atoms with Crippen LogP contribution in [0.4, 0.5) is 13.2 Å². The monoisotopic (exact) mass is 301 g/mol. The van der Waals surface area contributed by atoms with E-state index in [9.17, 15) is 13.2 Å². The number of ether oxygens (including phenoxy) is 1. The number of alkyl halides is 3. The van der Waals surface area contributed by atoms with E-state index in [0.29, 0.717) is 12.1 Å². The van der Waals surface area contributed by atoms with Gasteiger partial charge in [-0.25, -0.2) is 0 Å². The van der Waals surface area contributed by atoms with E-state index in [1.807, 2.05) is 26.8 Å². The Morgan fingerprint density at radius 2 is 2.05 bits per heavy atom. The summed E-state index contributed by atoms with van der Waals surface area (Å²) in [6.45, 7) is 6.47. The fourth-order valence-corrected chi connectivity index (χ4v) is 2.70. The quantitative estimate of drug-likeness (QED) is 0.870. The minimum atomic E-state index is -4.18. The topological polar surface area (TPSA) is 21.3 Å². The Balaban J connectivity index is 2.21. The molecule has 1 aliphatic rings. The molecule has 21 heavy (non-hydrogen) atoms. The van der Waals surface area contributed by atoms with Gasteiger partial charge in [0.25, 0.3) is 0 Å². The van der Waals surface area contributed by atoms with Crippen molar-refractivity contribution in [2.24, 2.45) is 0 Å². The molecule has 1 N–H and O–H groups in total. The Labute approximate surface area is 123 Å². The van der Waals surface area contributed by atoms with Crippen molar-refractivity contribution in [1.29, 1.82) is 0 Å². The van der Waals surface area contributed by atoms with E-state index in [0.717, 1.165) is 24.2 Å². The van der Waals surface area contributed by atoms with Gasteiger partial charge in [0.2, 0.25) is 0 Å². The number of fused-ring (bicyclic) bond motifs is 1. The normalized spacial score (nSPS) is 18.2. The maximum absolute atomic E-state index is 12.8. The van der Waals surface area contributed by atoms with E-state index in [1.54, 1.807) is 12.1 Å². The lowest BCUT2D eigenvalue weighted by molar-refractivity contribution is -0.140. The number of hydrogen-bond acceptors (Lipinski definition) is 2. The molecule has 0 aliphatic carbocycles. The second kappa shape index (κ2) is 5.87. The Hall–Kier alpha value is -1.23. The van der Waals surface area contributed by atoms with Gasteiger partial charge in [0, 0.05) is 12.5 Å². The molecule has 5 heteroatoms. The molecule has 1 aliphatic heterocycles. The number of benzene rings is 1. The van der Waals surface area contributed by atoms with E-state index >= 15 is 0 Å². The SMILES string of the molecule is CCCNC(CC(F)(F)F)c1ccc2c(c1)CC(C)(C)O2. The summed E-state index contributed by atoms with van der Waals surface area (Å²) in [5.41, 5.74) is 1.39. The van der Waals surface area contributed by atoms with Crippen molar-refractivity contribution >= 4 is 0 Å². The largest absolute Gasteiger partial charge is 0.487 e. The van der Waals surface area contributed by atoms with Crippen LogP contribution in [0.2, 0.25) is 0 Å². The van der Waals surface area contributed by atoms with Gasteiger partial charge < -0.3 is 10.1 Å². The lowest BCUT2D eigenvalue weighted by Crippen LogP contribution is -2.27. The number of halogens is 3. The molecule has 0 amide bonds. The number of rotatable bonds is 5. The van der Waals surface area contributed by atoms with E-state index < -0.39 is 18.6 Å².